The van der Waals surface area contributed by atoms with Crippen LogP contribution in [-0.4, -0.2) is 29.9 Å². The second kappa shape index (κ2) is 10.2. The van der Waals surface area contributed by atoms with Crippen molar-refractivity contribution in [1.82, 2.24) is 0 Å². The van der Waals surface area contributed by atoms with Gasteiger partial charge in [0.05, 0.1) is 22.6 Å². The lowest BCUT2D eigenvalue weighted by Gasteiger charge is -2.13. The number of benzene rings is 3. The Hall–Kier alpha value is -4.21. The van der Waals surface area contributed by atoms with Gasteiger partial charge in [0.15, 0.2) is 17.2 Å². The van der Waals surface area contributed by atoms with Crippen LogP contribution in [0.1, 0.15) is 27.0 Å². The molecule has 0 unspecified atom stereocenters. The van der Waals surface area contributed by atoms with Crippen LogP contribution in [0.3, 0.4) is 0 Å². The molecule has 0 amide bonds. The lowest BCUT2D eigenvalue weighted by atomic mass is 10.1. The predicted octanol–water partition coefficient (Wildman–Crippen LogP) is 5.78. The van der Waals surface area contributed by atoms with E-state index in [4.69, 9.17) is 37.4 Å². The van der Waals surface area contributed by atoms with Gasteiger partial charge in [0.1, 0.15) is 5.02 Å². The molecule has 3 aromatic carbocycles. The van der Waals surface area contributed by atoms with Crippen molar-refractivity contribution in [2.75, 3.05) is 7.11 Å². The molecular formula is C25H16Cl2N2O7. The molecule has 9 nitrogen and oxygen atoms in total. The number of cyclic esters (lactones) is 1. The Bertz CT molecular complexity index is 1480. The van der Waals surface area contributed by atoms with E-state index in [0.717, 1.165) is 11.6 Å². The molecule has 4 rings (SSSR count). The van der Waals surface area contributed by atoms with Crippen LogP contribution in [0, 0.1) is 17.0 Å². The number of rotatable bonds is 6. The van der Waals surface area contributed by atoms with Crippen LogP contribution in [0.5, 0.6) is 11.5 Å². The number of carbonyl (C=O) groups excluding carboxylic acids is 2. The molecule has 0 bridgehead atoms. The number of methoxy groups -OCH3 is 1. The second-order valence-electron chi connectivity index (χ2n) is 7.50. The Balaban J connectivity index is 1.65. The maximum Gasteiger partial charge on any atom is 0.363 e. The number of ether oxygens (including phenoxy) is 3. The molecule has 1 aliphatic rings. The fourth-order valence-corrected chi connectivity index (χ4v) is 3.79. The minimum Gasteiger partial charge on any atom is -0.493 e. The molecule has 3 aromatic rings. The van der Waals surface area contributed by atoms with Crippen molar-refractivity contribution < 1.29 is 28.7 Å². The van der Waals surface area contributed by atoms with Gasteiger partial charge in [-0.3, -0.25) is 10.1 Å². The maximum atomic E-state index is 12.6. The molecule has 36 heavy (non-hydrogen) atoms. The molecule has 1 heterocycles. The number of esters is 2. The Morgan fingerprint density at radius 1 is 1.11 bits per heavy atom. The van der Waals surface area contributed by atoms with Gasteiger partial charge in [-0.05, 0) is 54.5 Å². The van der Waals surface area contributed by atoms with Crippen molar-refractivity contribution in [3.05, 3.63) is 103 Å². The number of nitro groups is 1. The third-order valence-corrected chi connectivity index (χ3v) is 5.73. The number of carbonyl (C=O) groups is 2. The van der Waals surface area contributed by atoms with E-state index in [1.807, 2.05) is 0 Å². The number of nitro benzene ring substituents is 1. The van der Waals surface area contributed by atoms with Crippen molar-refractivity contribution in [1.29, 1.82) is 0 Å². The number of nitrogens with zero attached hydrogens (tertiary/aromatic N) is 2. The summed E-state index contributed by atoms with van der Waals surface area (Å²) in [4.78, 5) is 39.7. The molecule has 0 atom stereocenters. The summed E-state index contributed by atoms with van der Waals surface area (Å²) in [6.45, 7) is 1.78. The quantitative estimate of drug-likeness (QED) is 0.131. The summed E-state index contributed by atoms with van der Waals surface area (Å²) >= 11 is 12.2. The van der Waals surface area contributed by atoms with E-state index in [1.54, 1.807) is 31.2 Å². The van der Waals surface area contributed by atoms with Crippen LogP contribution in [0.15, 0.2) is 65.3 Å². The number of aliphatic imine (C=N–C) groups is 1. The minimum atomic E-state index is -0.771. The van der Waals surface area contributed by atoms with Crippen LogP contribution >= 0.6 is 23.2 Å². The summed E-state index contributed by atoms with van der Waals surface area (Å²) in [6.07, 6.45) is 1.39. The second-order valence-corrected chi connectivity index (χ2v) is 8.31. The zero-order valence-electron chi connectivity index (χ0n) is 18.8. The van der Waals surface area contributed by atoms with E-state index in [9.17, 15) is 19.7 Å². The van der Waals surface area contributed by atoms with E-state index in [0.29, 0.717) is 11.1 Å². The standard InChI is InChI=1S/C25H16Cl2N2O7/c1-13-5-3-4-6-16(13)24(30)35-22-18(27)9-14(11-21(22)34-2)10-19-25(31)36-23(28-19)15-7-8-17(26)20(12-15)29(32)33/h3-12H,1-2H3/b19-10-. The third-order valence-electron chi connectivity index (χ3n) is 5.13. The van der Waals surface area contributed by atoms with E-state index >= 15 is 0 Å². The normalized spacial score (nSPS) is 13.8. The van der Waals surface area contributed by atoms with Crippen molar-refractivity contribution in [3.8, 4) is 11.5 Å². The van der Waals surface area contributed by atoms with Crippen LogP contribution in [0.25, 0.3) is 6.08 Å². The van der Waals surface area contributed by atoms with Gasteiger partial charge >= 0.3 is 11.9 Å². The molecular weight excluding hydrogens is 511 g/mol. The van der Waals surface area contributed by atoms with Gasteiger partial charge in [0.25, 0.3) is 5.69 Å². The zero-order chi connectivity index (χ0) is 26.0. The minimum absolute atomic E-state index is 0.0150. The first-order valence-corrected chi connectivity index (χ1v) is 11.1. The summed E-state index contributed by atoms with van der Waals surface area (Å²) in [7, 11) is 1.38. The SMILES string of the molecule is COc1cc(/C=C2\N=C(c3ccc(Cl)c([N+](=O)[O-])c3)OC2=O)cc(Cl)c1OC(=O)c1ccccc1C. The molecule has 0 aromatic heterocycles. The van der Waals surface area contributed by atoms with Crippen LogP contribution in [0.4, 0.5) is 5.69 Å². The molecule has 0 fully saturated rings. The first kappa shape index (κ1) is 24.9. The number of hydrogen-bond acceptors (Lipinski definition) is 8. The summed E-state index contributed by atoms with van der Waals surface area (Å²) in [6, 6.07) is 13.8. The third kappa shape index (κ3) is 5.07. The van der Waals surface area contributed by atoms with Crippen LogP contribution in [-0.2, 0) is 9.53 Å². The summed E-state index contributed by atoms with van der Waals surface area (Å²) in [5.74, 6) is -1.33. The fourth-order valence-electron chi connectivity index (χ4n) is 3.35. The Labute approximate surface area is 214 Å². The average molecular weight is 527 g/mol. The van der Waals surface area contributed by atoms with Crippen molar-refractivity contribution in [3.63, 3.8) is 0 Å². The Morgan fingerprint density at radius 3 is 2.56 bits per heavy atom. The monoisotopic (exact) mass is 526 g/mol. The highest BCUT2D eigenvalue weighted by Crippen LogP contribution is 2.38. The highest BCUT2D eigenvalue weighted by molar-refractivity contribution is 6.33. The van der Waals surface area contributed by atoms with Crippen molar-refractivity contribution in [2.24, 2.45) is 4.99 Å². The van der Waals surface area contributed by atoms with Gasteiger partial charge in [0.2, 0.25) is 5.90 Å². The lowest BCUT2D eigenvalue weighted by Crippen LogP contribution is -2.11. The summed E-state index contributed by atoms with van der Waals surface area (Å²) in [5.41, 5.74) is 1.30. The molecule has 1 aliphatic heterocycles. The maximum absolute atomic E-state index is 12.6. The molecule has 0 spiro atoms. The molecule has 11 heteroatoms. The average Bonchev–Trinajstić information content (AvgIpc) is 3.20. The Morgan fingerprint density at radius 2 is 1.86 bits per heavy atom. The number of hydrogen-bond donors (Lipinski definition) is 0. The largest absolute Gasteiger partial charge is 0.493 e. The van der Waals surface area contributed by atoms with E-state index in [2.05, 4.69) is 4.99 Å². The van der Waals surface area contributed by atoms with E-state index < -0.39 is 16.9 Å². The van der Waals surface area contributed by atoms with Crippen LogP contribution in [0.2, 0.25) is 10.0 Å². The molecule has 0 saturated carbocycles. The predicted molar refractivity (Wildman–Crippen MR) is 133 cm³/mol. The van der Waals surface area contributed by atoms with E-state index in [-0.39, 0.29) is 44.4 Å². The molecule has 0 radical (unpaired) electrons. The summed E-state index contributed by atoms with van der Waals surface area (Å²) < 4.78 is 16.0. The van der Waals surface area contributed by atoms with Gasteiger partial charge in [-0.1, -0.05) is 41.4 Å². The fraction of sp³-hybridized carbons (Fsp3) is 0.0800. The zero-order valence-corrected chi connectivity index (χ0v) is 20.3. The van der Waals surface area contributed by atoms with E-state index in [1.165, 1.54) is 37.5 Å². The number of halogens is 2. The molecule has 0 N–H and O–H groups in total. The van der Waals surface area contributed by atoms with Gasteiger partial charge in [-0.25, -0.2) is 14.6 Å². The first-order chi connectivity index (χ1) is 17.2. The van der Waals surface area contributed by atoms with Gasteiger partial charge in [-0.15, -0.1) is 0 Å². The Kier molecular flexibility index (Phi) is 7.05. The van der Waals surface area contributed by atoms with Crippen LogP contribution < -0.4 is 9.47 Å². The van der Waals surface area contributed by atoms with Crippen molar-refractivity contribution in [2.45, 2.75) is 6.92 Å². The van der Waals surface area contributed by atoms with Crippen molar-refractivity contribution >= 4 is 52.8 Å². The smallest absolute Gasteiger partial charge is 0.363 e. The highest BCUT2D eigenvalue weighted by Gasteiger charge is 2.27. The molecule has 0 aliphatic carbocycles. The van der Waals surface area contributed by atoms with Gasteiger partial charge < -0.3 is 14.2 Å². The van der Waals surface area contributed by atoms with Gasteiger partial charge in [-0.2, -0.15) is 0 Å². The molecule has 0 saturated heterocycles. The topological polar surface area (TPSA) is 117 Å². The molecule has 182 valence electrons. The highest BCUT2D eigenvalue weighted by atomic mass is 35.5. The first-order valence-electron chi connectivity index (χ1n) is 10.3. The lowest BCUT2D eigenvalue weighted by molar-refractivity contribution is -0.384. The van der Waals surface area contributed by atoms with Gasteiger partial charge in [0, 0.05) is 11.6 Å². The summed E-state index contributed by atoms with van der Waals surface area (Å²) in [5, 5.41) is 11.2. The number of aryl methyl sites for hydroxylation is 1.